The quantitative estimate of drug-likeness (QED) is 0.696. The van der Waals surface area contributed by atoms with Crippen molar-refractivity contribution in [3.8, 4) is 0 Å². The fraction of sp³-hybridized carbons (Fsp3) is 0.250. The van der Waals surface area contributed by atoms with E-state index in [1.165, 1.54) is 23.8 Å². The van der Waals surface area contributed by atoms with Crippen LogP contribution in [0, 0.1) is 10.1 Å². The van der Waals surface area contributed by atoms with Crippen LogP contribution in [-0.2, 0) is 12.8 Å². The van der Waals surface area contributed by atoms with Crippen LogP contribution in [-0.4, -0.2) is 15.8 Å². The Hall–Kier alpha value is -2.76. The molecule has 0 saturated heterocycles. The van der Waals surface area contributed by atoms with Crippen LogP contribution in [0.1, 0.15) is 34.5 Å². The lowest BCUT2D eigenvalue weighted by Crippen LogP contribution is -2.14. The van der Waals surface area contributed by atoms with Crippen molar-refractivity contribution in [2.45, 2.75) is 25.7 Å². The number of benzene rings is 1. The summed E-state index contributed by atoms with van der Waals surface area (Å²) in [6.07, 6.45) is 5.88. The predicted molar refractivity (Wildman–Crippen MR) is 81.9 cm³/mol. The number of carbonyl (C=O) groups excluding carboxylic acids is 1. The highest BCUT2D eigenvalue weighted by atomic mass is 16.6. The molecule has 0 bridgehead atoms. The Kier molecular flexibility index (Phi) is 3.82. The first-order valence-corrected chi connectivity index (χ1v) is 7.17. The number of amides is 1. The largest absolute Gasteiger partial charge is 0.321 e. The Morgan fingerprint density at radius 3 is 2.86 bits per heavy atom. The second kappa shape index (κ2) is 5.93. The van der Waals surface area contributed by atoms with Crippen molar-refractivity contribution >= 4 is 17.3 Å². The monoisotopic (exact) mass is 297 g/mol. The number of aryl methyl sites for hydroxylation is 2. The van der Waals surface area contributed by atoms with Crippen molar-refractivity contribution in [1.29, 1.82) is 0 Å². The van der Waals surface area contributed by atoms with E-state index < -0.39 is 4.92 Å². The Labute approximate surface area is 127 Å². The summed E-state index contributed by atoms with van der Waals surface area (Å²) in [7, 11) is 0. The van der Waals surface area contributed by atoms with Crippen LogP contribution in [0.5, 0.6) is 0 Å². The maximum absolute atomic E-state index is 12.2. The number of carbonyl (C=O) groups is 1. The van der Waals surface area contributed by atoms with E-state index in [4.69, 9.17) is 0 Å². The molecule has 0 spiro atoms. The average molecular weight is 297 g/mol. The molecule has 0 atom stereocenters. The number of nitro groups is 1. The molecule has 112 valence electrons. The lowest BCUT2D eigenvalue weighted by molar-refractivity contribution is -0.384. The molecule has 6 nitrogen and oxygen atoms in total. The number of hydrogen-bond donors (Lipinski definition) is 1. The molecule has 1 aliphatic rings. The Bertz CT molecular complexity index is 743. The number of nitrogens with zero attached hydrogens (tertiary/aromatic N) is 2. The summed E-state index contributed by atoms with van der Waals surface area (Å²) in [4.78, 5) is 26.8. The minimum absolute atomic E-state index is 0.101. The molecular weight excluding hydrogens is 282 g/mol. The van der Waals surface area contributed by atoms with Crippen molar-refractivity contribution in [2.75, 3.05) is 5.32 Å². The van der Waals surface area contributed by atoms with Crippen molar-refractivity contribution in [3.05, 3.63) is 63.5 Å². The Morgan fingerprint density at radius 2 is 2.05 bits per heavy atom. The van der Waals surface area contributed by atoms with Crippen LogP contribution in [0.4, 0.5) is 11.4 Å². The van der Waals surface area contributed by atoms with Gasteiger partial charge in [-0.25, -0.2) is 0 Å². The standard InChI is InChI=1S/C16H15N3O3/c20-16(12-5-3-6-14(9-12)19(21)22)18-13-8-11-4-1-2-7-15(11)17-10-13/h3,5-6,8-10H,1-2,4,7H2,(H,18,20). The third-order valence-corrected chi connectivity index (χ3v) is 3.75. The number of nitro benzene ring substituents is 1. The SMILES string of the molecule is O=C(Nc1cnc2c(c1)CCCC2)c1cccc([N+](=O)[O-])c1. The maximum Gasteiger partial charge on any atom is 0.270 e. The molecule has 1 amide bonds. The van der Waals surface area contributed by atoms with E-state index in [-0.39, 0.29) is 17.2 Å². The van der Waals surface area contributed by atoms with Gasteiger partial charge in [-0.05, 0) is 43.4 Å². The van der Waals surface area contributed by atoms with Crippen LogP contribution < -0.4 is 5.32 Å². The second-order valence-corrected chi connectivity index (χ2v) is 5.30. The summed E-state index contributed by atoms with van der Waals surface area (Å²) in [6.45, 7) is 0. The maximum atomic E-state index is 12.2. The zero-order valence-electron chi connectivity index (χ0n) is 11.9. The van der Waals surface area contributed by atoms with Gasteiger partial charge in [-0.3, -0.25) is 19.9 Å². The fourth-order valence-corrected chi connectivity index (χ4v) is 2.62. The zero-order valence-corrected chi connectivity index (χ0v) is 11.9. The second-order valence-electron chi connectivity index (χ2n) is 5.30. The van der Waals surface area contributed by atoms with Crippen LogP contribution >= 0.6 is 0 Å². The molecule has 0 fully saturated rings. The van der Waals surface area contributed by atoms with Crippen molar-refractivity contribution in [2.24, 2.45) is 0 Å². The molecule has 1 aliphatic carbocycles. The van der Waals surface area contributed by atoms with Gasteiger partial charge in [0, 0.05) is 23.4 Å². The number of pyridine rings is 1. The van der Waals surface area contributed by atoms with Gasteiger partial charge in [-0.15, -0.1) is 0 Å². The lowest BCUT2D eigenvalue weighted by Gasteiger charge is -2.15. The summed E-state index contributed by atoms with van der Waals surface area (Å²) in [6, 6.07) is 7.61. The van der Waals surface area contributed by atoms with E-state index in [1.54, 1.807) is 12.3 Å². The van der Waals surface area contributed by atoms with Gasteiger partial charge in [-0.1, -0.05) is 6.07 Å². The smallest absolute Gasteiger partial charge is 0.270 e. The van der Waals surface area contributed by atoms with E-state index in [2.05, 4.69) is 10.3 Å². The van der Waals surface area contributed by atoms with Gasteiger partial charge in [0.2, 0.25) is 0 Å². The van der Waals surface area contributed by atoms with Crippen LogP contribution in [0.3, 0.4) is 0 Å². The summed E-state index contributed by atoms with van der Waals surface area (Å²) < 4.78 is 0. The van der Waals surface area contributed by atoms with E-state index >= 15 is 0 Å². The van der Waals surface area contributed by atoms with Gasteiger partial charge in [0.05, 0.1) is 16.8 Å². The first kappa shape index (κ1) is 14.2. The molecule has 3 rings (SSSR count). The highest BCUT2D eigenvalue weighted by Gasteiger charge is 2.14. The molecule has 1 N–H and O–H groups in total. The van der Waals surface area contributed by atoms with E-state index in [0.717, 1.165) is 31.4 Å². The number of nitrogens with one attached hydrogen (secondary N) is 1. The van der Waals surface area contributed by atoms with Gasteiger partial charge in [0.15, 0.2) is 0 Å². The van der Waals surface area contributed by atoms with Crippen LogP contribution in [0.25, 0.3) is 0 Å². The number of anilines is 1. The van der Waals surface area contributed by atoms with E-state index in [1.807, 2.05) is 6.07 Å². The summed E-state index contributed by atoms with van der Waals surface area (Å²) in [5.74, 6) is -0.374. The number of rotatable bonds is 3. The molecule has 6 heteroatoms. The number of fused-ring (bicyclic) bond motifs is 1. The number of aromatic nitrogens is 1. The third kappa shape index (κ3) is 2.95. The Morgan fingerprint density at radius 1 is 1.23 bits per heavy atom. The first-order valence-electron chi connectivity index (χ1n) is 7.17. The fourth-order valence-electron chi connectivity index (χ4n) is 2.62. The third-order valence-electron chi connectivity index (χ3n) is 3.75. The topological polar surface area (TPSA) is 85.1 Å². The molecule has 0 unspecified atom stereocenters. The van der Waals surface area contributed by atoms with Gasteiger partial charge >= 0.3 is 0 Å². The van der Waals surface area contributed by atoms with Gasteiger partial charge < -0.3 is 5.32 Å². The average Bonchev–Trinajstić information content (AvgIpc) is 2.55. The molecule has 1 heterocycles. The first-order chi connectivity index (χ1) is 10.6. The molecular formula is C16H15N3O3. The van der Waals surface area contributed by atoms with Crippen molar-refractivity contribution in [3.63, 3.8) is 0 Å². The molecule has 2 aromatic rings. The molecule has 0 aliphatic heterocycles. The van der Waals surface area contributed by atoms with Gasteiger partial charge in [0.1, 0.15) is 0 Å². The van der Waals surface area contributed by atoms with Crippen molar-refractivity contribution < 1.29 is 9.72 Å². The normalized spacial score (nSPS) is 13.3. The summed E-state index contributed by atoms with van der Waals surface area (Å²) in [5.41, 5.74) is 3.04. The van der Waals surface area contributed by atoms with E-state index in [9.17, 15) is 14.9 Å². The zero-order chi connectivity index (χ0) is 15.5. The highest BCUT2D eigenvalue weighted by Crippen LogP contribution is 2.22. The molecule has 0 saturated carbocycles. The minimum Gasteiger partial charge on any atom is -0.321 e. The molecule has 1 aromatic heterocycles. The number of hydrogen-bond acceptors (Lipinski definition) is 4. The van der Waals surface area contributed by atoms with Gasteiger partial charge in [-0.2, -0.15) is 0 Å². The lowest BCUT2D eigenvalue weighted by atomic mass is 9.96. The summed E-state index contributed by atoms with van der Waals surface area (Å²) >= 11 is 0. The Balaban J connectivity index is 1.79. The molecule has 1 aromatic carbocycles. The molecule has 0 radical (unpaired) electrons. The van der Waals surface area contributed by atoms with Crippen LogP contribution in [0.2, 0.25) is 0 Å². The highest BCUT2D eigenvalue weighted by molar-refractivity contribution is 6.04. The summed E-state index contributed by atoms with van der Waals surface area (Å²) in [5, 5.41) is 13.5. The molecule has 22 heavy (non-hydrogen) atoms. The van der Waals surface area contributed by atoms with Gasteiger partial charge in [0.25, 0.3) is 11.6 Å². The van der Waals surface area contributed by atoms with Crippen molar-refractivity contribution in [1.82, 2.24) is 4.98 Å². The number of non-ortho nitro benzene ring substituents is 1. The predicted octanol–water partition coefficient (Wildman–Crippen LogP) is 3.12. The minimum atomic E-state index is -0.517. The van der Waals surface area contributed by atoms with Crippen LogP contribution in [0.15, 0.2) is 36.5 Å². The van der Waals surface area contributed by atoms with E-state index in [0.29, 0.717) is 5.69 Å².